The lowest BCUT2D eigenvalue weighted by Crippen LogP contribution is -2.52. The van der Waals surface area contributed by atoms with Crippen LogP contribution in [0.25, 0.3) is 5.69 Å². The molecule has 2 bridgehead atoms. The fourth-order valence-corrected chi connectivity index (χ4v) is 5.79. The molecule has 4 aliphatic heterocycles. The SMILES string of the molecule is O=C1CCC(N2Cc3cc(-n4cc(C(=O)Nc5cccc6c5C5CCC6O5)nn4)ccc3C2=O)C(=O)N1. The quantitative estimate of drug-likeness (QED) is 0.527. The smallest absolute Gasteiger partial charge is 0.277 e. The number of fused-ring (bicyclic) bond motifs is 6. The van der Waals surface area contributed by atoms with E-state index in [0.717, 1.165) is 35.2 Å². The van der Waals surface area contributed by atoms with Crippen molar-refractivity contribution in [2.45, 2.75) is 50.5 Å². The molecule has 3 atom stereocenters. The highest BCUT2D eigenvalue weighted by atomic mass is 16.5. The van der Waals surface area contributed by atoms with Gasteiger partial charge < -0.3 is 15.0 Å². The number of hydrogen-bond donors (Lipinski definition) is 2. The average Bonchev–Trinajstić information content (AvgIpc) is 3.68. The first kappa shape index (κ1) is 21.9. The number of benzene rings is 2. The lowest BCUT2D eigenvalue weighted by molar-refractivity contribution is -0.136. The minimum absolute atomic E-state index is 0.0149. The first-order chi connectivity index (χ1) is 18.0. The van der Waals surface area contributed by atoms with Gasteiger partial charge in [0, 0.05) is 29.8 Å². The van der Waals surface area contributed by atoms with Crippen molar-refractivity contribution in [3.8, 4) is 5.69 Å². The van der Waals surface area contributed by atoms with Crippen molar-refractivity contribution in [2.24, 2.45) is 0 Å². The van der Waals surface area contributed by atoms with Crippen LogP contribution >= 0.6 is 0 Å². The molecule has 3 unspecified atom stereocenters. The molecule has 0 radical (unpaired) electrons. The number of imide groups is 1. The Balaban J connectivity index is 1.10. The number of aromatic nitrogens is 3. The second-order valence-corrected chi connectivity index (χ2v) is 9.74. The van der Waals surface area contributed by atoms with Crippen LogP contribution in [0.3, 0.4) is 0 Å². The van der Waals surface area contributed by atoms with Gasteiger partial charge in [0.05, 0.1) is 24.1 Å². The molecule has 2 saturated heterocycles. The summed E-state index contributed by atoms with van der Waals surface area (Å²) in [5.74, 6) is -1.39. The number of hydrogen-bond acceptors (Lipinski definition) is 7. The third-order valence-corrected chi connectivity index (χ3v) is 7.57. The van der Waals surface area contributed by atoms with Gasteiger partial charge in [0.15, 0.2) is 5.69 Å². The number of ether oxygens (including phenoxy) is 1. The molecule has 37 heavy (non-hydrogen) atoms. The molecule has 2 N–H and O–H groups in total. The van der Waals surface area contributed by atoms with E-state index in [9.17, 15) is 19.2 Å². The van der Waals surface area contributed by atoms with E-state index in [1.54, 1.807) is 18.2 Å². The van der Waals surface area contributed by atoms with Crippen LogP contribution in [0.15, 0.2) is 42.6 Å². The molecule has 0 aliphatic carbocycles. The van der Waals surface area contributed by atoms with E-state index >= 15 is 0 Å². The summed E-state index contributed by atoms with van der Waals surface area (Å²) >= 11 is 0. The van der Waals surface area contributed by atoms with Crippen LogP contribution in [0, 0.1) is 0 Å². The Bertz CT molecular complexity index is 1510. The van der Waals surface area contributed by atoms with Crippen molar-refractivity contribution in [3.05, 3.63) is 70.5 Å². The summed E-state index contributed by atoms with van der Waals surface area (Å²) < 4.78 is 7.47. The van der Waals surface area contributed by atoms with E-state index in [0.29, 0.717) is 17.7 Å². The zero-order valence-electron chi connectivity index (χ0n) is 19.6. The van der Waals surface area contributed by atoms with Crippen molar-refractivity contribution in [3.63, 3.8) is 0 Å². The Hall–Kier alpha value is -4.38. The molecule has 11 heteroatoms. The van der Waals surface area contributed by atoms with Crippen LogP contribution in [0.1, 0.15) is 75.4 Å². The number of carbonyl (C=O) groups is 4. The van der Waals surface area contributed by atoms with Crippen molar-refractivity contribution < 1.29 is 23.9 Å². The Morgan fingerprint density at radius 2 is 1.95 bits per heavy atom. The summed E-state index contributed by atoms with van der Waals surface area (Å²) in [5.41, 5.74) is 4.94. The Kier molecular flexibility index (Phi) is 4.77. The zero-order chi connectivity index (χ0) is 25.3. The van der Waals surface area contributed by atoms with E-state index in [-0.39, 0.29) is 48.6 Å². The maximum absolute atomic E-state index is 13.0. The lowest BCUT2D eigenvalue weighted by Gasteiger charge is -2.29. The molecule has 186 valence electrons. The van der Waals surface area contributed by atoms with Gasteiger partial charge in [-0.2, -0.15) is 0 Å². The Morgan fingerprint density at radius 1 is 1.08 bits per heavy atom. The number of piperidine rings is 1. The molecule has 3 aromatic rings. The van der Waals surface area contributed by atoms with E-state index in [1.165, 1.54) is 15.8 Å². The van der Waals surface area contributed by atoms with Gasteiger partial charge in [0.1, 0.15) is 6.04 Å². The molecule has 5 heterocycles. The summed E-state index contributed by atoms with van der Waals surface area (Å²) in [6.45, 7) is 0.250. The molecule has 2 fully saturated rings. The Morgan fingerprint density at radius 3 is 2.81 bits per heavy atom. The van der Waals surface area contributed by atoms with Crippen LogP contribution in [-0.2, 0) is 20.9 Å². The van der Waals surface area contributed by atoms with Crippen LogP contribution < -0.4 is 10.6 Å². The third kappa shape index (κ3) is 3.45. The van der Waals surface area contributed by atoms with Gasteiger partial charge >= 0.3 is 0 Å². The topological polar surface area (TPSA) is 136 Å². The van der Waals surface area contributed by atoms with Crippen LogP contribution in [-0.4, -0.2) is 49.6 Å². The molecule has 11 nitrogen and oxygen atoms in total. The van der Waals surface area contributed by atoms with Gasteiger partial charge in [0.2, 0.25) is 11.8 Å². The third-order valence-electron chi connectivity index (χ3n) is 7.57. The largest absolute Gasteiger partial charge is 0.366 e. The summed E-state index contributed by atoms with van der Waals surface area (Å²) in [7, 11) is 0. The van der Waals surface area contributed by atoms with Crippen molar-refractivity contribution >= 4 is 29.3 Å². The van der Waals surface area contributed by atoms with Gasteiger partial charge in [-0.1, -0.05) is 17.3 Å². The van der Waals surface area contributed by atoms with Crippen molar-refractivity contribution in [2.75, 3.05) is 5.32 Å². The van der Waals surface area contributed by atoms with E-state index in [1.807, 2.05) is 18.2 Å². The summed E-state index contributed by atoms with van der Waals surface area (Å²) in [5, 5.41) is 13.4. The molecular formula is C26H22N6O5. The predicted octanol–water partition coefficient (Wildman–Crippen LogP) is 2.19. The maximum Gasteiger partial charge on any atom is 0.277 e. The average molecular weight is 498 g/mol. The van der Waals surface area contributed by atoms with E-state index in [2.05, 4.69) is 20.9 Å². The van der Waals surface area contributed by atoms with Crippen LogP contribution in [0.4, 0.5) is 5.69 Å². The summed E-state index contributed by atoms with van der Waals surface area (Å²) in [4.78, 5) is 51.2. The first-order valence-electron chi connectivity index (χ1n) is 12.3. The monoisotopic (exact) mass is 498 g/mol. The molecule has 0 spiro atoms. The maximum atomic E-state index is 13.0. The highest BCUT2D eigenvalue weighted by molar-refractivity contribution is 6.05. The number of amides is 4. The van der Waals surface area contributed by atoms with Crippen molar-refractivity contribution in [1.82, 2.24) is 25.2 Å². The molecule has 4 amide bonds. The fourth-order valence-electron chi connectivity index (χ4n) is 5.79. The van der Waals surface area contributed by atoms with E-state index < -0.39 is 11.9 Å². The van der Waals surface area contributed by atoms with E-state index in [4.69, 9.17) is 4.74 Å². The standard InChI is InChI=1S/C26H22N6O5/c33-22-9-6-19(25(35)28-22)31-11-13-10-14(4-5-15(13)26(31)36)32-12-18(29-30-32)24(34)27-17-3-1-2-16-20-7-8-21(37-20)23(16)17/h1-5,10,12,19-21H,6-9,11H2,(H,27,34)(H,28,33,35). The minimum atomic E-state index is -0.678. The molecule has 2 aromatic carbocycles. The first-order valence-corrected chi connectivity index (χ1v) is 12.3. The van der Waals surface area contributed by atoms with Crippen LogP contribution in [0.5, 0.6) is 0 Å². The highest BCUT2D eigenvalue weighted by Crippen LogP contribution is 2.52. The van der Waals surface area contributed by atoms with Gasteiger partial charge in [-0.3, -0.25) is 24.5 Å². The second kappa shape index (κ2) is 8.07. The molecular weight excluding hydrogens is 476 g/mol. The predicted molar refractivity (Wildman–Crippen MR) is 128 cm³/mol. The molecule has 0 saturated carbocycles. The zero-order valence-corrected chi connectivity index (χ0v) is 19.6. The minimum Gasteiger partial charge on any atom is -0.366 e. The van der Waals surface area contributed by atoms with Gasteiger partial charge in [-0.15, -0.1) is 5.10 Å². The van der Waals surface area contributed by atoms with Crippen LogP contribution in [0.2, 0.25) is 0 Å². The number of nitrogens with zero attached hydrogens (tertiary/aromatic N) is 4. The highest BCUT2D eigenvalue weighted by Gasteiger charge is 2.40. The van der Waals surface area contributed by atoms with Gasteiger partial charge in [-0.25, -0.2) is 4.68 Å². The van der Waals surface area contributed by atoms with Gasteiger partial charge in [-0.05, 0) is 54.7 Å². The normalized spacial score (nSPS) is 23.7. The molecule has 4 aliphatic rings. The number of carbonyl (C=O) groups excluding carboxylic acids is 4. The second-order valence-electron chi connectivity index (χ2n) is 9.74. The summed E-state index contributed by atoms with van der Waals surface area (Å²) in [6, 6.07) is 10.4. The Labute approximate surface area is 210 Å². The number of rotatable bonds is 4. The number of anilines is 1. The van der Waals surface area contributed by atoms with Crippen molar-refractivity contribution in [1.29, 1.82) is 0 Å². The lowest BCUT2D eigenvalue weighted by atomic mass is 9.90. The van der Waals surface area contributed by atoms with Gasteiger partial charge in [0.25, 0.3) is 11.8 Å². The molecule has 1 aromatic heterocycles. The summed E-state index contributed by atoms with van der Waals surface area (Å²) in [6.07, 6.45) is 4.11. The number of nitrogens with one attached hydrogen (secondary N) is 2. The molecule has 7 rings (SSSR count). The fraction of sp³-hybridized carbons (Fsp3) is 0.308.